The Morgan fingerprint density at radius 3 is 2.88 bits per heavy atom. The van der Waals surface area contributed by atoms with E-state index >= 15 is 0 Å². The number of nitrogens with one attached hydrogen (secondary N) is 1. The Labute approximate surface area is 183 Å². The molecule has 0 aliphatic carbocycles. The maximum atomic E-state index is 13.7. The molecule has 1 saturated heterocycles. The molecule has 11 heteroatoms. The molecule has 3 aliphatic rings. The number of amides is 1. The first-order chi connectivity index (χ1) is 15.4. The predicted molar refractivity (Wildman–Crippen MR) is 118 cm³/mol. The number of fused-ring (bicyclic) bond motifs is 2. The van der Waals surface area contributed by atoms with E-state index in [0.29, 0.717) is 29.8 Å². The van der Waals surface area contributed by atoms with Crippen molar-refractivity contribution in [3.05, 3.63) is 45.6 Å². The van der Waals surface area contributed by atoms with Crippen LogP contribution < -0.4 is 21.5 Å². The first-order valence-electron chi connectivity index (χ1n) is 10.3. The molecule has 0 unspecified atom stereocenters. The number of carbonyl (C=O) groups is 1. The van der Waals surface area contributed by atoms with Crippen molar-refractivity contribution in [1.29, 1.82) is 0 Å². The molecule has 0 radical (unpaired) electrons. The smallest absolute Gasteiger partial charge is 0.297 e. The normalized spacial score (nSPS) is 16.3. The summed E-state index contributed by atoms with van der Waals surface area (Å²) in [6, 6.07) is 3.94. The third-order valence-electron chi connectivity index (χ3n) is 5.71. The summed E-state index contributed by atoms with van der Waals surface area (Å²) >= 11 is 0. The minimum Gasteiger partial charge on any atom is -0.501 e. The number of aromatic hydroxyl groups is 1. The first-order valence-corrected chi connectivity index (χ1v) is 10.3. The Bertz CT molecular complexity index is 1170. The highest BCUT2D eigenvalue weighted by molar-refractivity contribution is 5.95. The van der Waals surface area contributed by atoms with Gasteiger partial charge in [-0.1, -0.05) is 6.07 Å². The average Bonchev–Trinajstić information content (AvgIpc) is 3.05. The summed E-state index contributed by atoms with van der Waals surface area (Å²) in [5, 5.41) is 13.0. The lowest BCUT2D eigenvalue weighted by Crippen LogP contribution is -2.35. The second-order valence-corrected chi connectivity index (χ2v) is 7.85. The van der Waals surface area contributed by atoms with Crippen LogP contribution in [0.15, 0.2) is 33.0 Å². The van der Waals surface area contributed by atoms with Gasteiger partial charge in [-0.25, -0.2) is 19.4 Å². The van der Waals surface area contributed by atoms with Crippen molar-refractivity contribution >= 4 is 29.7 Å². The van der Waals surface area contributed by atoms with Gasteiger partial charge in [-0.3, -0.25) is 14.2 Å². The standard InChI is InChI=1S/C21H24FN7O3/c1-12(25-11-23)26-16-8-15(22)3-2-14(16)9-24-19(31)17-18(30)20(32)29-10-13-4-6-28(7-5-13)21(29)27-17/h2-3,8,11,13,30H,4-7,9-10H2,1H3,(H,24,31)(H2,23,25,26). The monoisotopic (exact) mass is 441 g/mol. The van der Waals surface area contributed by atoms with Crippen molar-refractivity contribution in [1.82, 2.24) is 14.9 Å². The molecule has 0 atom stereocenters. The number of halogens is 1. The summed E-state index contributed by atoms with van der Waals surface area (Å²) in [5.41, 5.74) is 5.09. The molecule has 4 N–H and O–H groups in total. The number of aliphatic imine (C=N–C) groups is 2. The number of aromatic nitrogens is 2. The fourth-order valence-electron chi connectivity index (χ4n) is 4.03. The molecule has 1 amide bonds. The average molecular weight is 441 g/mol. The lowest BCUT2D eigenvalue weighted by atomic mass is 9.98. The van der Waals surface area contributed by atoms with Crippen LogP contribution in [0.3, 0.4) is 0 Å². The van der Waals surface area contributed by atoms with Gasteiger partial charge < -0.3 is 21.1 Å². The van der Waals surface area contributed by atoms with Crippen LogP contribution >= 0.6 is 0 Å². The van der Waals surface area contributed by atoms with Gasteiger partial charge in [0.15, 0.2) is 5.69 Å². The highest BCUT2D eigenvalue weighted by atomic mass is 19.1. The second kappa shape index (κ2) is 8.77. The van der Waals surface area contributed by atoms with E-state index in [1.165, 1.54) is 22.8 Å². The molecule has 0 saturated carbocycles. The number of carbonyl (C=O) groups excluding carboxylic acids is 1. The number of benzene rings is 1. The number of anilines is 1. The summed E-state index contributed by atoms with van der Waals surface area (Å²) in [7, 11) is 0. The van der Waals surface area contributed by atoms with Gasteiger partial charge in [-0.2, -0.15) is 0 Å². The molecular formula is C21H24FN7O3. The van der Waals surface area contributed by atoms with Crippen molar-refractivity contribution in [2.45, 2.75) is 32.9 Å². The molecule has 1 aromatic heterocycles. The number of rotatable bonds is 4. The molecule has 2 bridgehead atoms. The van der Waals surface area contributed by atoms with Gasteiger partial charge in [-0.15, -0.1) is 0 Å². The molecule has 3 aliphatic heterocycles. The van der Waals surface area contributed by atoms with Gasteiger partial charge in [0.2, 0.25) is 11.7 Å². The molecule has 0 spiro atoms. The lowest BCUT2D eigenvalue weighted by Gasteiger charge is -2.27. The Morgan fingerprint density at radius 1 is 1.41 bits per heavy atom. The largest absolute Gasteiger partial charge is 0.501 e. The van der Waals surface area contributed by atoms with Crippen molar-refractivity contribution < 1.29 is 14.3 Å². The number of piperidine rings is 1. The van der Waals surface area contributed by atoms with E-state index < -0.39 is 23.0 Å². The maximum absolute atomic E-state index is 13.7. The van der Waals surface area contributed by atoms with Gasteiger partial charge in [0, 0.05) is 26.2 Å². The van der Waals surface area contributed by atoms with E-state index in [4.69, 9.17) is 5.73 Å². The zero-order valence-corrected chi connectivity index (χ0v) is 17.6. The summed E-state index contributed by atoms with van der Waals surface area (Å²) in [6.07, 6.45) is 2.95. The van der Waals surface area contributed by atoms with Gasteiger partial charge >= 0.3 is 0 Å². The zero-order chi connectivity index (χ0) is 22.8. The van der Waals surface area contributed by atoms with E-state index in [9.17, 15) is 19.1 Å². The van der Waals surface area contributed by atoms with Crippen molar-refractivity contribution in [2.75, 3.05) is 18.0 Å². The van der Waals surface area contributed by atoms with Crippen LogP contribution in [0.1, 0.15) is 35.8 Å². The summed E-state index contributed by atoms with van der Waals surface area (Å²) in [6.45, 7) is 3.57. The molecule has 1 aromatic carbocycles. The van der Waals surface area contributed by atoms with E-state index in [1.54, 1.807) is 6.92 Å². The van der Waals surface area contributed by atoms with Crippen LogP contribution in [-0.4, -0.2) is 45.8 Å². The summed E-state index contributed by atoms with van der Waals surface area (Å²) in [4.78, 5) is 39.9. The van der Waals surface area contributed by atoms with Crippen LogP contribution in [0, 0.1) is 11.7 Å². The molecule has 10 nitrogen and oxygen atoms in total. The Morgan fingerprint density at radius 2 is 2.16 bits per heavy atom. The van der Waals surface area contributed by atoms with Crippen molar-refractivity contribution in [2.24, 2.45) is 21.6 Å². The van der Waals surface area contributed by atoms with Gasteiger partial charge in [0.05, 0.1) is 12.0 Å². The fraction of sp³-hybridized carbons (Fsp3) is 0.381. The number of hydrogen-bond acceptors (Lipinski definition) is 6. The topological polar surface area (TPSA) is 138 Å². The van der Waals surface area contributed by atoms with Crippen LogP contribution in [0.4, 0.5) is 16.0 Å². The minimum absolute atomic E-state index is 0.0249. The Hall–Kier alpha value is -3.76. The van der Waals surface area contributed by atoms with Crippen LogP contribution in [0.2, 0.25) is 0 Å². The zero-order valence-electron chi connectivity index (χ0n) is 17.6. The molecule has 1 fully saturated rings. The fourth-order valence-corrected chi connectivity index (χ4v) is 4.03. The van der Waals surface area contributed by atoms with Gasteiger partial charge in [0.1, 0.15) is 11.7 Å². The number of nitrogens with two attached hydrogens (primary N) is 1. The Kier molecular flexibility index (Phi) is 5.89. The van der Waals surface area contributed by atoms with Gasteiger partial charge in [0.25, 0.3) is 11.5 Å². The van der Waals surface area contributed by atoms with E-state index in [1.807, 2.05) is 4.90 Å². The van der Waals surface area contributed by atoms with Crippen molar-refractivity contribution in [3.8, 4) is 5.75 Å². The quantitative estimate of drug-likeness (QED) is 0.483. The second-order valence-electron chi connectivity index (χ2n) is 7.85. The minimum atomic E-state index is -0.709. The van der Waals surface area contributed by atoms with E-state index in [-0.39, 0.29) is 17.9 Å². The number of nitrogens with zero attached hydrogens (tertiary/aromatic N) is 5. The predicted octanol–water partition coefficient (Wildman–Crippen LogP) is 1.28. The van der Waals surface area contributed by atoms with Crippen molar-refractivity contribution in [3.63, 3.8) is 0 Å². The molecule has 32 heavy (non-hydrogen) atoms. The van der Waals surface area contributed by atoms with E-state index in [2.05, 4.69) is 20.3 Å². The number of hydrogen-bond donors (Lipinski definition) is 3. The summed E-state index contributed by atoms with van der Waals surface area (Å²) in [5.74, 6) is -0.813. The molecule has 5 rings (SSSR count). The van der Waals surface area contributed by atoms with Gasteiger partial charge in [-0.05, 0) is 43.4 Å². The lowest BCUT2D eigenvalue weighted by molar-refractivity contribution is 0.0942. The number of amidine groups is 1. The van der Waals surface area contributed by atoms with E-state index in [0.717, 1.165) is 32.3 Å². The maximum Gasteiger partial charge on any atom is 0.297 e. The molecule has 168 valence electrons. The summed E-state index contributed by atoms with van der Waals surface area (Å²) < 4.78 is 15.2. The molecular weight excluding hydrogens is 417 g/mol. The Balaban J connectivity index is 1.60. The third-order valence-corrected chi connectivity index (χ3v) is 5.71. The third kappa shape index (κ3) is 4.18. The van der Waals surface area contributed by atoms with Crippen LogP contribution in [0.25, 0.3) is 0 Å². The highest BCUT2D eigenvalue weighted by Crippen LogP contribution is 2.29. The van der Waals surface area contributed by atoms with Crippen LogP contribution in [0.5, 0.6) is 5.75 Å². The SMILES string of the molecule is CC(N=CN)=Nc1cc(F)ccc1CNC(=O)c1nc2n(c(=O)c1O)CC1CCN2CC1. The van der Waals surface area contributed by atoms with Crippen LogP contribution in [-0.2, 0) is 13.1 Å². The highest BCUT2D eigenvalue weighted by Gasteiger charge is 2.31. The first kappa shape index (κ1) is 21.5. The molecule has 2 aromatic rings. The molecule has 4 heterocycles.